The zero-order chi connectivity index (χ0) is 13.9. The highest BCUT2D eigenvalue weighted by Crippen LogP contribution is 2.14. The highest BCUT2D eigenvalue weighted by atomic mass is 16.2. The molecule has 0 radical (unpaired) electrons. The Morgan fingerprint density at radius 3 is 2.95 bits per heavy atom. The summed E-state index contributed by atoms with van der Waals surface area (Å²) in [6, 6.07) is 8.55. The average Bonchev–Trinajstić information content (AvgIpc) is 2.95. The number of anilines is 1. The van der Waals surface area contributed by atoms with Gasteiger partial charge in [-0.2, -0.15) is 5.26 Å². The molecule has 1 aliphatic heterocycles. The monoisotopic (exact) mass is 267 g/mol. The van der Waals surface area contributed by atoms with Crippen LogP contribution in [0.15, 0.2) is 30.6 Å². The Kier molecular flexibility index (Phi) is 3.19. The number of benzene rings is 1. The van der Waals surface area contributed by atoms with Crippen molar-refractivity contribution in [1.82, 2.24) is 15.3 Å². The number of imidazole rings is 1. The Hall–Kier alpha value is -2.65. The van der Waals surface area contributed by atoms with Gasteiger partial charge in [0.15, 0.2) is 0 Å². The average molecular weight is 267 g/mol. The van der Waals surface area contributed by atoms with E-state index in [4.69, 9.17) is 5.26 Å². The summed E-state index contributed by atoms with van der Waals surface area (Å²) in [5, 5.41) is 14.7. The Balaban J connectivity index is 1.66. The molecule has 3 N–H and O–H groups in total. The van der Waals surface area contributed by atoms with Gasteiger partial charge in [-0.3, -0.25) is 10.1 Å². The van der Waals surface area contributed by atoms with Gasteiger partial charge in [0, 0.05) is 18.7 Å². The van der Waals surface area contributed by atoms with Crippen molar-refractivity contribution in [3.8, 4) is 6.07 Å². The minimum Gasteiger partial charge on any atom is -0.347 e. The third kappa shape index (κ3) is 2.39. The van der Waals surface area contributed by atoms with Crippen molar-refractivity contribution in [1.29, 1.82) is 5.26 Å². The van der Waals surface area contributed by atoms with Crippen LogP contribution >= 0.6 is 0 Å². The van der Waals surface area contributed by atoms with Crippen molar-refractivity contribution in [3.05, 3.63) is 47.5 Å². The number of amides is 1. The lowest BCUT2D eigenvalue weighted by Crippen LogP contribution is -2.44. The van der Waals surface area contributed by atoms with Crippen molar-refractivity contribution in [2.24, 2.45) is 0 Å². The smallest absolute Gasteiger partial charge is 0.241 e. The molecule has 0 fully saturated rings. The molecular weight excluding hydrogens is 254 g/mol. The summed E-state index contributed by atoms with van der Waals surface area (Å²) >= 11 is 0. The lowest BCUT2D eigenvalue weighted by Gasteiger charge is -2.22. The number of nitrogens with one attached hydrogen (secondary N) is 3. The van der Waals surface area contributed by atoms with Gasteiger partial charge in [0.05, 0.1) is 35.4 Å². The first-order valence-corrected chi connectivity index (χ1v) is 6.32. The number of hydrogen-bond donors (Lipinski definition) is 3. The van der Waals surface area contributed by atoms with Crippen LogP contribution < -0.4 is 10.6 Å². The van der Waals surface area contributed by atoms with Gasteiger partial charge in [-0.1, -0.05) is 0 Å². The molecule has 6 heteroatoms. The summed E-state index contributed by atoms with van der Waals surface area (Å²) in [5.74, 6) is -0.0941. The predicted molar refractivity (Wildman–Crippen MR) is 72.7 cm³/mol. The molecule has 1 atom stereocenters. The van der Waals surface area contributed by atoms with Gasteiger partial charge in [0.1, 0.15) is 0 Å². The lowest BCUT2D eigenvalue weighted by atomic mass is 10.0. The number of hydrogen-bond acceptors (Lipinski definition) is 4. The quantitative estimate of drug-likeness (QED) is 0.754. The number of nitrogens with zero attached hydrogens (tertiary/aromatic N) is 2. The van der Waals surface area contributed by atoms with E-state index in [0.717, 1.165) is 11.4 Å². The van der Waals surface area contributed by atoms with E-state index in [1.807, 2.05) is 6.07 Å². The SMILES string of the molecule is N#Cc1ccc(NC(=O)C2Cc3nc[nH]c3CN2)cc1. The van der Waals surface area contributed by atoms with Crippen LogP contribution in [0.4, 0.5) is 5.69 Å². The molecule has 1 aliphatic rings. The van der Waals surface area contributed by atoms with Crippen LogP contribution in [-0.4, -0.2) is 21.9 Å². The summed E-state index contributed by atoms with van der Waals surface area (Å²) in [4.78, 5) is 19.4. The van der Waals surface area contributed by atoms with E-state index in [-0.39, 0.29) is 11.9 Å². The topological polar surface area (TPSA) is 93.6 Å². The van der Waals surface area contributed by atoms with Crippen LogP contribution in [0.3, 0.4) is 0 Å². The summed E-state index contributed by atoms with van der Waals surface area (Å²) < 4.78 is 0. The number of carbonyl (C=O) groups excluding carboxylic acids is 1. The molecule has 0 aliphatic carbocycles. The molecule has 2 heterocycles. The van der Waals surface area contributed by atoms with Gasteiger partial charge in [-0.15, -0.1) is 0 Å². The third-order valence-corrected chi connectivity index (χ3v) is 3.33. The molecule has 6 nitrogen and oxygen atoms in total. The molecule has 1 aromatic heterocycles. The molecule has 0 saturated carbocycles. The maximum atomic E-state index is 12.2. The van der Waals surface area contributed by atoms with Crippen molar-refractivity contribution >= 4 is 11.6 Å². The second-order valence-electron chi connectivity index (χ2n) is 4.64. The van der Waals surface area contributed by atoms with E-state index >= 15 is 0 Å². The Labute approximate surface area is 115 Å². The van der Waals surface area contributed by atoms with Crippen LogP contribution in [0.2, 0.25) is 0 Å². The number of rotatable bonds is 2. The number of carbonyl (C=O) groups is 1. The minimum atomic E-state index is -0.290. The van der Waals surface area contributed by atoms with E-state index in [9.17, 15) is 4.79 Å². The molecule has 0 bridgehead atoms. The van der Waals surface area contributed by atoms with Crippen molar-refractivity contribution in [2.45, 2.75) is 19.0 Å². The van der Waals surface area contributed by atoms with E-state index in [1.54, 1.807) is 30.6 Å². The summed E-state index contributed by atoms with van der Waals surface area (Å²) in [6.07, 6.45) is 2.22. The van der Waals surface area contributed by atoms with Crippen LogP contribution in [0.25, 0.3) is 0 Å². The molecule has 1 aromatic carbocycles. The minimum absolute atomic E-state index is 0.0941. The van der Waals surface area contributed by atoms with Crippen LogP contribution in [0, 0.1) is 11.3 Å². The number of fused-ring (bicyclic) bond motifs is 1. The molecule has 3 rings (SSSR count). The van der Waals surface area contributed by atoms with E-state index in [2.05, 4.69) is 20.6 Å². The summed E-state index contributed by atoms with van der Waals surface area (Å²) in [7, 11) is 0. The Morgan fingerprint density at radius 2 is 2.20 bits per heavy atom. The molecule has 1 amide bonds. The maximum absolute atomic E-state index is 12.2. The lowest BCUT2D eigenvalue weighted by molar-refractivity contribution is -0.118. The van der Waals surface area contributed by atoms with E-state index in [0.29, 0.717) is 24.2 Å². The predicted octanol–water partition coefficient (Wildman–Crippen LogP) is 0.934. The maximum Gasteiger partial charge on any atom is 0.241 e. The van der Waals surface area contributed by atoms with E-state index in [1.165, 1.54) is 0 Å². The van der Waals surface area contributed by atoms with Gasteiger partial charge in [0.25, 0.3) is 0 Å². The number of nitriles is 1. The Morgan fingerprint density at radius 1 is 1.40 bits per heavy atom. The summed E-state index contributed by atoms with van der Waals surface area (Å²) in [6.45, 7) is 0.612. The fourth-order valence-electron chi connectivity index (χ4n) is 2.21. The van der Waals surface area contributed by atoms with E-state index < -0.39 is 0 Å². The molecule has 100 valence electrons. The molecule has 0 spiro atoms. The summed E-state index contributed by atoms with van der Waals surface area (Å²) in [5.41, 5.74) is 3.22. The zero-order valence-electron chi connectivity index (χ0n) is 10.7. The normalized spacial score (nSPS) is 17.1. The van der Waals surface area contributed by atoms with Gasteiger partial charge in [-0.25, -0.2) is 4.98 Å². The van der Waals surface area contributed by atoms with Crippen molar-refractivity contribution in [3.63, 3.8) is 0 Å². The highest BCUT2D eigenvalue weighted by Gasteiger charge is 2.25. The fraction of sp³-hybridized carbons (Fsp3) is 0.214. The number of aromatic amines is 1. The highest BCUT2D eigenvalue weighted by molar-refractivity contribution is 5.95. The molecule has 0 saturated heterocycles. The molecule has 20 heavy (non-hydrogen) atoms. The molecule has 1 unspecified atom stereocenters. The number of aromatic nitrogens is 2. The van der Waals surface area contributed by atoms with Gasteiger partial charge in [-0.05, 0) is 24.3 Å². The van der Waals surface area contributed by atoms with Crippen molar-refractivity contribution in [2.75, 3.05) is 5.32 Å². The first kappa shape index (κ1) is 12.4. The zero-order valence-corrected chi connectivity index (χ0v) is 10.7. The van der Waals surface area contributed by atoms with Gasteiger partial charge in [0.2, 0.25) is 5.91 Å². The van der Waals surface area contributed by atoms with Crippen LogP contribution in [0.1, 0.15) is 17.0 Å². The number of H-pyrrole nitrogens is 1. The second kappa shape index (κ2) is 5.15. The van der Waals surface area contributed by atoms with Gasteiger partial charge >= 0.3 is 0 Å². The molecular formula is C14H13N5O. The van der Waals surface area contributed by atoms with Crippen LogP contribution in [-0.2, 0) is 17.8 Å². The fourth-order valence-corrected chi connectivity index (χ4v) is 2.21. The third-order valence-electron chi connectivity index (χ3n) is 3.33. The first-order valence-electron chi connectivity index (χ1n) is 6.32. The molecule has 2 aromatic rings. The largest absolute Gasteiger partial charge is 0.347 e. The first-order chi connectivity index (χ1) is 9.76. The standard InChI is InChI=1S/C14H13N5O/c15-6-9-1-3-10(4-2-9)19-14(20)12-5-11-13(7-16-12)18-8-17-11/h1-4,8,12,16H,5,7H2,(H,17,18)(H,19,20). The van der Waals surface area contributed by atoms with Gasteiger partial charge < -0.3 is 10.3 Å². The van der Waals surface area contributed by atoms with Crippen molar-refractivity contribution < 1.29 is 4.79 Å². The van der Waals surface area contributed by atoms with Crippen LogP contribution in [0.5, 0.6) is 0 Å². The Bertz CT molecular complexity index is 668. The second-order valence-corrected chi connectivity index (χ2v) is 4.64.